The molecule has 0 bridgehead atoms. The maximum absolute atomic E-state index is 12.8. The Morgan fingerprint density at radius 1 is 1.07 bits per heavy atom. The number of hydrogen-bond donors (Lipinski definition) is 0. The fourth-order valence-corrected chi connectivity index (χ4v) is 4.30. The van der Waals surface area contributed by atoms with Gasteiger partial charge in [-0.3, -0.25) is 14.2 Å². The van der Waals surface area contributed by atoms with Crippen LogP contribution in [0.15, 0.2) is 53.7 Å². The van der Waals surface area contributed by atoms with Gasteiger partial charge in [0.15, 0.2) is 10.9 Å². The van der Waals surface area contributed by atoms with Crippen molar-refractivity contribution in [1.29, 1.82) is 0 Å². The SMILES string of the molecule is Cc1ccc(-n2c(C)nnc2SCC(=O)c2cccc(N3CCCC3=O)c2)cc1. The molecule has 1 aromatic heterocycles. The Morgan fingerprint density at radius 2 is 1.86 bits per heavy atom. The molecule has 1 aliphatic rings. The quantitative estimate of drug-likeness (QED) is 0.457. The number of amides is 1. The Morgan fingerprint density at radius 3 is 2.59 bits per heavy atom. The summed E-state index contributed by atoms with van der Waals surface area (Å²) in [6.45, 7) is 4.65. The van der Waals surface area contributed by atoms with Crippen molar-refractivity contribution < 1.29 is 9.59 Å². The molecule has 7 heteroatoms. The molecule has 4 rings (SSSR count). The van der Waals surface area contributed by atoms with Gasteiger partial charge in [-0.2, -0.15) is 0 Å². The van der Waals surface area contributed by atoms with Gasteiger partial charge < -0.3 is 4.90 Å². The third-order valence-corrected chi connectivity index (χ3v) is 5.90. The van der Waals surface area contributed by atoms with E-state index in [-0.39, 0.29) is 17.4 Å². The van der Waals surface area contributed by atoms with Crippen molar-refractivity contribution in [2.75, 3.05) is 17.2 Å². The van der Waals surface area contributed by atoms with Crippen LogP contribution in [0.1, 0.15) is 34.6 Å². The number of anilines is 1. The van der Waals surface area contributed by atoms with Crippen LogP contribution in [-0.4, -0.2) is 38.8 Å². The van der Waals surface area contributed by atoms with E-state index in [0.717, 1.165) is 23.6 Å². The van der Waals surface area contributed by atoms with Crippen molar-refractivity contribution in [1.82, 2.24) is 14.8 Å². The van der Waals surface area contributed by atoms with Crippen molar-refractivity contribution in [3.63, 3.8) is 0 Å². The molecule has 6 nitrogen and oxygen atoms in total. The van der Waals surface area contributed by atoms with Crippen LogP contribution in [0, 0.1) is 13.8 Å². The monoisotopic (exact) mass is 406 g/mol. The van der Waals surface area contributed by atoms with Crippen LogP contribution in [0.4, 0.5) is 5.69 Å². The zero-order chi connectivity index (χ0) is 20.4. The minimum Gasteiger partial charge on any atom is -0.312 e. The first kappa shape index (κ1) is 19.4. The fraction of sp³-hybridized carbons (Fsp3) is 0.273. The number of carbonyl (C=O) groups is 2. The van der Waals surface area contributed by atoms with Crippen LogP contribution in [0.5, 0.6) is 0 Å². The zero-order valence-electron chi connectivity index (χ0n) is 16.5. The van der Waals surface area contributed by atoms with Crippen LogP contribution >= 0.6 is 11.8 Å². The number of rotatable bonds is 6. The topological polar surface area (TPSA) is 68.1 Å². The van der Waals surface area contributed by atoms with E-state index in [1.165, 1.54) is 17.3 Å². The van der Waals surface area contributed by atoms with Crippen LogP contribution in [-0.2, 0) is 4.79 Å². The van der Waals surface area contributed by atoms with Crippen LogP contribution in [0.25, 0.3) is 5.69 Å². The number of nitrogens with zero attached hydrogens (tertiary/aromatic N) is 4. The highest BCUT2D eigenvalue weighted by Crippen LogP contribution is 2.25. The Kier molecular flexibility index (Phi) is 5.49. The average Bonchev–Trinajstić information content (AvgIpc) is 3.32. The van der Waals surface area contributed by atoms with Gasteiger partial charge >= 0.3 is 0 Å². The van der Waals surface area contributed by atoms with Gasteiger partial charge in [0.1, 0.15) is 5.82 Å². The Labute approximate surface area is 173 Å². The average molecular weight is 407 g/mol. The van der Waals surface area contributed by atoms with Crippen molar-refractivity contribution in [3.05, 3.63) is 65.5 Å². The first-order chi connectivity index (χ1) is 14.0. The number of ketones is 1. The second-order valence-corrected chi connectivity index (χ2v) is 8.05. The fourth-order valence-electron chi connectivity index (χ4n) is 3.41. The number of carbonyl (C=O) groups excluding carboxylic acids is 2. The van der Waals surface area contributed by atoms with E-state index in [1.54, 1.807) is 11.0 Å². The number of aryl methyl sites for hydroxylation is 2. The smallest absolute Gasteiger partial charge is 0.227 e. The Bertz CT molecular complexity index is 1060. The normalized spacial score (nSPS) is 13.9. The molecule has 0 spiro atoms. The molecule has 0 aliphatic carbocycles. The second kappa shape index (κ2) is 8.21. The lowest BCUT2D eigenvalue weighted by molar-refractivity contribution is -0.117. The Hall–Kier alpha value is -2.93. The predicted octanol–water partition coefficient (Wildman–Crippen LogP) is 3.99. The van der Waals surface area contributed by atoms with Crippen LogP contribution in [0.2, 0.25) is 0 Å². The summed E-state index contributed by atoms with van der Waals surface area (Å²) in [7, 11) is 0. The molecule has 0 N–H and O–H groups in total. The summed E-state index contributed by atoms with van der Waals surface area (Å²) < 4.78 is 1.96. The van der Waals surface area contributed by atoms with Gasteiger partial charge in [-0.15, -0.1) is 10.2 Å². The molecule has 3 aromatic rings. The molecule has 2 heterocycles. The predicted molar refractivity (Wildman–Crippen MR) is 114 cm³/mol. The van der Waals surface area contributed by atoms with Gasteiger partial charge in [0, 0.05) is 29.9 Å². The number of Topliss-reactive ketones (excluding diaryl/α,β-unsaturated/α-hetero) is 1. The largest absolute Gasteiger partial charge is 0.312 e. The van der Waals surface area contributed by atoms with Crippen molar-refractivity contribution in [3.8, 4) is 5.69 Å². The standard InChI is InChI=1S/C22H22N4O2S/c1-15-8-10-18(11-9-15)26-16(2)23-24-22(26)29-14-20(27)17-5-3-6-19(13-17)25-12-4-7-21(25)28/h3,5-6,8-11,13H,4,7,12,14H2,1-2H3. The first-order valence-corrected chi connectivity index (χ1v) is 10.6. The molecule has 1 aliphatic heterocycles. The van der Waals surface area contributed by atoms with Gasteiger partial charge in [-0.1, -0.05) is 41.6 Å². The van der Waals surface area contributed by atoms with E-state index in [2.05, 4.69) is 10.2 Å². The lowest BCUT2D eigenvalue weighted by Crippen LogP contribution is -2.23. The number of hydrogen-bond acceptors (Lipinski definition) is 5. The number of aromatic nitrogens is 3. The van der Waals surface area contributed by atoms with E-state index in [4.69, 9.17) is 0 Å². The molecule has 0 radical (unpaired) electrons. The summed E-state index contributed by atoms with van der Waals surface area (Å²) in [5, 5.41) is 9.10. The zero-order valence-corrected chi connectivity index (χ0v) is 17.3. The van der Waals surface area contributed by atoms with E-state index in [9.17, 15) is 9.59 Å². The molecule has 0 atom stereocenters. The molecule has 0 saturated carbocycles. The molecule has 2 aromatic carbocycles. The molecule has 1 fully saturated rings. The maximum atomic E-state index is 12.8. The third-order valence-electron chi connectivity index (χ3n) is 4.97. The molecule has 1 amide bonds. The highest BCUT2D eigenvalue weighted by molar-refractivity contribution is 7.99. The first-order valence-electron chi connectivity index (χ1n) is 9.58. The summed E-state index contributed by atoms with van der Waals surface area (Å²) in [6.07, 6.45) is 1.43. The molecular formula is C22H22N4O2S. The van der Waals surface area contributed by atoms with Crippen LogP contribution in [0.3, 0.4) is 0 Å². The van der Waals surface area contributed by atoms with E-state index in [1.807, 2.05) is 60.9 Å². The second-order valence-electron chi connectivity index (χ2n) is 7.11. The van der Waals surface area contributed by atoms with Crippen molar-refractivity contribution >= 4 is 29.1 Å². The molecular weight excluding hydrogens is 384 g/mol. The van der Waals surface area contributed by atoms with Gasteiger partial charge in [-0.25, -0.2) is 0 Å². The summed E-state index contributed by atoms with van der Waals surface area (Å²) in [5.41, 5.74) is 3.55. The number of benzene rings is 2. The van der Waals surface area contributed by atoms with E-state index in [0.29, 0.717) is 23.7 Å². The molecule has 148 valence electrons. The van der Waals surface area contributed by atoms with Gasteiger partial charge in [-0.05, 0) is 44.5 Å². The molecule has 0 unspecified atom stereocenters. The highest BCUT2D eigenvalue weighted by atomic mass is 32.2. The van der Waals surface area contributed by atoms with Crippen LogP contribution < -0.4 is 4.90 Å². The maximum Gasteiger partial charge on any atom is 0.227 e. The van der Waals surface area contributed by atoms with E-state index >= 15 is 0 Å². The lowest BCUT2D eigenvalue weighted by atomic mass is 10.1. The highest BCUT2D eigenvalue weighted by Gasteiger charge is 2.22. The van der Waals surface area contributed by atoms with Gasteiger partial charge in [0.2, 0.25) is 5.91 Å². The minimum atomic E-state index is -0.000366. The Balaban J connectivity index is 1.50. The summed E-state index contributed by atoms with van der Waals surface area (Å²) in [4.78, 5) is 26.5. The third kappa shape index (κ3) is 4.10. The van der Waals surface area contributed by atoms with Gasteiger partial charge in [0.05, 0.1) is 5.75 Å². The van der Waals surface area contributed by atoms with E-state index < -0.39 is 0 Å². The van der Waals surface area contributed by atoms with Gasteiger partial charge in [0.25, 0.3) is 0 Å². The number of thioether (sulfide) groups is 1. The lowest BCUT2D eigenvalue weighted by Gasteiger charge is -2.16. The minimum absolute atomic E-state index is 0.000366. The molecule has 29 heavy (non-hydrogen) atoms. The van der Waals surface area contributed by atoms with Crippen molar-refractivity contribution in [2.24, 2.45) is 0 Å². The summed E-state index contributed by atoms with van der Waals surface area (Å²) >= 11 is 1.37. The molecule has 1 saturated heterocycles. The summed E-state index contributed by atoms with van der Waals surface area (Å²) in [6, 6.07) is 15.4. The van der Waals surface area contributed by atoms with Crippen molar-refractivity contribution in [2.45, 2.75) is 31.8 Å². The summed E-state index contributed by atoms with van der Waals surface area (Å²) in [5.74, 6) is 1.14.